The lowest BCUT2D eigenvalue weighted by molar-refractivity contribution is 1.26. The summed E-state index contributed by atoms with van der Waals surface area (Å²) in [5.74, 6) is 0. The number of rotatable bonds is 6. The molecule has 4 heterocycles. The standard InChI is InChI=1S/C53H38N4/c1-35-12-11-13-36(32-35)34-54-43-24-22-40(23-25-43)53-48-29-27-45(56-48)51(38-16-7-3-8-17-38)42-21-20-41(33-42)50(37-14-5-2-6-15-37)44-26-28-46(55-44)52(39-18-9-4-10-19-39)47-30-31-49(53)57-47/h2-32,34,57H,33H2,1H3. The molecule has 0 saturated heterocycles. The molecule has 1 aromatic heterocycles. The van der Waals surface area contributed by atoms with E-state index in [2.05, 4.69) is 200 Å². The fourth-order valence-electron chi connectivity index (χ4n) is 8.14. The minimum Gasteiger partial charge on any atom is -0.354 e. The maximum atomic E-state index is 5.47. The quantitative estimate of drug-likeness (QED) is 0.166. The van der Waals surface area contributed by atoms with Crippen LogP contribution in [0.4, 0.5) is 5.69 Å². The SMILES string of the molecule is Cc1cccc(C=Nc2ccc(C3=C4C=CC(=N4)C(c4ccccc4)=C4C=CC(=C(c5ccccc5)C5=NC(=C(c6ccccc6)c6ccc3[nH]6)C=C5)C4)cc2)c1. The molecule has 4 nitrogen and oxygen atoms in total. The van der Waals surface area contributed by atoms with Gasteiger partial charge in [-0.2, -0.15) is 0 Å². The zero-order valence-electron chi connectivity index (χ0n) is 31.5. The molecule has 8 bridgehead atoms. The van der Waals surface area contributed by atoms with E-state index in [0.29, 0.717) is 0 Å². The third kappa shape index (κ3) is 6.68. The molecule has 0 radical (unpaired) electrons. The maximum absolute atomic E-state index is 5.47. The molecule has 0 atom stereocenters. The van der Waals surface area contributed by atoms with E-state index >= 15 is 0 Å². The maximum Gasteiger partial charge on any atom is 0.0737 e. The molecule has 0 amide bonds. The van der Waals surface area contributed by atoms with Crippen LogP contribution in [0.25, 0.3) is 22.3 Å². The second-order valence-corrected chi connectivity index (χ2v) is 14.6. The highest BCUT2D eigenvalue weighted by Crippen LogP contribution is 2.41. The van der Waals surface area contributed by atoms with Crippen LogP contribution in [0, 0.1) is 6.92 Å². The van der Waals surface area contributed by atoms with Crippen molar-refractivity contribution in [2.45, 2.75) is 13.3 Å². The van der Waals surface area contributed by atoms with Gasteiger partial charge in [-0.3, -0.25) is 4.99 Å². The normalized spacial score (nSPS) is 16.1. The van der Waals surface area contributed by atoms with Crippen molar-refractivity contribution in [2.24, 2.45) is 15.0 Å². The first-order chi connectivity index (χ1) is 28.1. The number of aromatic nitrogens is 1. The van der Waals surface area contributed by atoms with Gasteiger partial charge in [0.1, 0.15) is 0 Å². The van der Waals surface area contributed by atoms with E-state index in [1.54, 1.807) is 0 Å². The summed E-state index contributed by atoms with van der Waals surface area (Å²) in [5.41, 5.74) is 20.1. The van der Waals surface area contributed by atoms with E-state index in [9.17, 15) is 0 Å². The van der Waals surface area contributed by atoms with Crippen LogP contribution >= 0.6 is 0 Å². The van der Waals surface area contributed by atoms with Gasteiger partial charge in [0.05, 0.1) is 28.5 Å². The summed E-state index contributed by atoms with van der Waals surface area (Å²) >= 11 is 0. The molecule has 4 aliphatic rings. The molecule has 1 aliphatic carbocycles. The van der Waals surface area contributed by atoms with Gasteiger partial charge in [0.15, 0.2) is 0 Å². The highest BCUT2D eigenvalue weighted by Gasteiger charge is 2.26. The molecule has 0 fully saturated rings. The van der Waals surface area contributed by atoms with Crippen molar-refractivity contribution in [1.29, 1.82) is 0 Å². The largest absolute Gasteiger partial charge is 0.354 e. The lowest BCUT2D eigenvalue weighted by atomic mass is 9.91. The molecule has 10 rings (SSSR count). The summed E-state index contributed by atoms with van der Waals surface area (Å²) in [4.78, 5) is 19.6. The van der Waals surface area contributed by atoms with Gasteiger partial charge < -0.3 is 4.98 Å². The van der Waals surface area contributed by atoms with E-state index in [-0.39, 0.29) is 0 Å². The summed E-state index contributed by atoms with van der Waals surface area (Å²) in [6.45, 7) is 2.10. The van der Waals surface area contributed by atoms with Crippen molar-refractivity contribution in [2.75, 3.05) is 0 Å². The average molecular weight is 731 g/mol. The first-order valence-electron chi connectivity index (χ1n) is 19.4. The van der Waals surface area contributed by atoms with Gasteiger partial charge in [-0.05, 0) is 101 Å². The average Bonchev–Trinajstić information content (AvgIpc) is 4.10. The molecule has 270 valence electrons. The van der Waals surface area contributed by atoms with Crippen molar-refractivity contribution in [3.8, 4) is 0 Å². The van der Waals surface area contributed by atoms with E-state index in [1.807, 2.05) is 6.21 Å². The number of aliphatic imine (C=N–C) groups is 3. The Morgan fingerprint density at radius 1 is 0.474 bits per heavy atom. The number of aromatic amines is 1. The van der Waals surface area contributed by atoms with Crippen molar-refractivity contribution in [3.05, 3.63) is 255 Å². The Kier molecular flexibility index (Phi) is 8.77. The first-order valence-corrected chi connectivity index (χ1v) is 19.4. The van der Waals surface area contributed by atoms with E-state index in [4.69, 9.17) is 15.0 Å². The smallest absolute Gasteiger partial charge is 0.0737 e. The summed E-state index contributed by atoms with van der Waals surface area (Å²) in [6, 6.07) is 53.0. The number of hydrogen-bond donors (Lipinski definition) is 1. The number of aryl methyl sites for hydroxylation is 1. The van der Waals surface area contributed by atoms with Gasteiger partial charge in [-0.25, -0.2) is 9.98 Å². The minimum absolute atomic E-state index is 0.757. The van der Waals surface area contributed by atoms with Crippen molar-refractivity contribution in [1.82, 2.24) is 4.98 Å². The molecular formula is C53H38N4. The monoisotopic (exact) mass is 730 g/mol. The van der Waals surface area contributed by atoms with Gasteiger partial charge >= 0.3 is 0 Å². The summed E-state index contributed by atoms with van der Waals surface area (Å²) < 4.78 is 0. The van der Waals surface area contributed by atoms with Crippen LogP contribution < -0.4 is 0 Å². The third-order valence-electron chi connectivity index (χ3n) is 10.8. The number of hydrogen-bond acceptors (Lipinski definition) is 3. The minimum atomic E-state index is 0.757. The molecule has 6 aromatic rings. The zero-order valence-corrected chi connectivity index (χ0v) is 31.5. The predicted octanol–water partition coefficient (Wildman–Crippen LogP) is 12.5. The van der Waals surface area contributed by atoms with Crippen LogP contribution in [0.2, 0.25) is 0 Å². The van der Waals surface area contributed by atoms with E-state index in [0.717, 1.165) is 96.4 Å². The summed E-state index contributed by atoms with van der Waals surface area (Å²) in [7, 11) is 0. The molecule has 0 spiro atoms. The highest BCUT2D eigenvalue weighted by atomic mass is 14.8. The molecule has 3 aliphatic heterocycles. The second-order valence-electron chi connectivity index (χ2n) is 14.6. The number of fused-ring (bicyclic) bond motifs is 6. The molecule has 0 unspecified atom stereocenters. The summed E-state index contributed by atoms with van der Waals surface area (Å²) in [5, 5.41) is 0. The zero-order chi connectivity index (χ0) is 38.1. The van der Waals surface area contributed by atoms with Crippen LogP contribution in [-0.4, -0.2) is 22.6 Å². The van der Waals surface area contributed by atoms with Crippen molar-refractivity contribution >= 4 is 45.6 Å². The van der Waals surface area contributed by atoms with Gasteiger partial charge in [-0.1, -0.05) is 145 Å². The molecule has 57 heavy (non-hydrogen) atoms. The number of allylic oxidation sites excluding steroid dienone is 10. The highest BCUT2D eigenvalue weighted by molar-refractivity contribution is 6.34. The molecular weight excluding hydrogens is 693 g/mol. The Morgan fingerprint density at radius 3 is 1.47 bits per heavy atom. The lowest BCUT2D eigenvalue weighted by Gasteiger charge is -2.14. The fourth-order valence-corrected chi connectivity index (χ4v) is 8.14. The van der Waals surface area contributed by atoms with E-state index in [1.165, 1.54) is 16.7 Å². The van der Waals surface area contributed by atoms with E-state index < -0.39 is 0 Å². The molecule has 0 saturated carbocycles. The Hall–Kier alpha value is -7.43. The first kappa shape index (κ1) is 34.1. The molecule has 1 N–H and O–H groups in total. The number of nitrogens with one attached hydrogen (secondary N) is 1. The fraction of sp³-hybridized carbons (Fsp3) is 0.0377. The second kappa shape index (κ2) is 14.7. The van der Waals surface area contributed by atoms with Gasteiger partial charge in [-0.15, -0.1) is 0 Å². The van der Waals surface area contributed by atoms with Crippen LogP contribution in [-0.2, 0) is 0 Å². The van der Waals surface area contributed by atoms with Gasteiger partial charge in [0.2, 0.25) is 0 Å². The lowest BCUT2D eigenvalue weighted by Crippen LogP contribution is -2.03. The van der Waals surface area contributed by atoms with Crippen LogP contribution in [0.3, 0.4) is 0 Å². The number of H-pyrrole nitrogens is 1. The number of benzene rings is 5. The Balaban J connectivity index is 1.19. The van der Waals surface area contributed by atoms with Crippen LogP contribution in [0.15, 0.2) is 226 Å². The Bertz CT molecular complexity index is 2870. The molecule has 4 heteroatoms. The van der Waals surface area contributed by atoms with Gasteiger partial charge in [0.25, 0.3) is 0 Å². The third-order valence-corrected chi connectivity index (χ3v) is 10.8. The van der Waals surface area contributed by atoms with Crippen LogP contribution in [0.5, 0.6) is 0 Å². The summed E-state index contributed by atoms with van der Waals surface area (Å²) in [6.07, 6.45) is 15.9. The topological polar surface area (TPSA) is 52.9 Å². The van der Waals surface area contributed by atoms with Crippen molar-refractivity contribution < 1.29 is 0 Å². The Morgan fingerprint density at radius 2 is 0.965 bits per heavy atom. The molecule has 5 aromatic carbocycles. The van der Waals surface area contributed by atoms with Crippen LogP contribution in [0.1, 0.15) is 51.2 Å². The predicted molar refractivity (Wildman–Crippen MR) is 238 cm³/mol. The van der Waals surface area contributed by atoms with Crippen molar-refractivity contribution in [3.63, 3.8) is 0 Å². The Labute approximate surface area is 333 Å². The van der Waals surface area contributed by atoms with Gasteiger partial charge in [0, 0.05) is 39.9 Å². The number of nitrogens with zero attached hydrogens (tertiary/aromatic N) is 3.